The van der Waals surface area contributed by atoms with E-state index < -0.39 is 0 Å². The van der Waals surface area contributed by atoms with Crippen molar-refractivity contribution in [2.75, 3.05) is 25.2 Å². The van der Waals surface area contributed by atoms with Crippen LogP contribution in [-0.2, 0) is 11.3 Å². The summed E-state index contributed by atoms with van der Waals surface area (Å²) < 4.78 is 5.41. The molecule has 1 fully saturated rings. The average Bonchev–Trinajstić information content (AvgIpc) is 2.39. The van der Waals surface area contributed by atoms with E-state index in [9.17, 15) is 0 Å². The normalized spacial score (nSPS) is 17.1. The van der Waals surface area contributed by atoms with Crippen LogP contribution >= 0.6 is 0 Å². The molecule has 3 nitrogen and oxygen atoms in total. The number of nitrogens with zero attached hydrogens (tertiary/aromatic N) is 1. The van der Waals surface area contributed by atoms with Crippen molar-refractivity contribution in [2.45, 2.75) is 32.4 Å². The SMILES string of the molecule is Cc1cc(CN)ccc1N(C)C1CCOCC1. The lowest BCUT2D eigenvalue weighted by Gasteiger charge is -2.34. The minimum Gasteiger partial charge on any atom is -0.381 e. The first-order chi connectivity index (χ1) is 8.22. The molecular weight excluding hydrogens is 212 g/mol. The molecule has 1 heterocycles. The van der Waals surface area contributed by atoms with Crippen molar-refractivity contribution in [3.8, 4) is 0 Å². The van der Waals surface area contributed by atoms with Crippen LogP contribution in [0.4, 0.5) is 5.69 Å². The van der Waals surface area contributed by atoms with Crippen LogP contribution in [0, 0.1) is 6.92 Å². The zero-order valence-electron chi connectivity index (χ0n) is 10.8. The Morgan fingerprint density at radius 3 is 2.65 bits per heavy atom. The number of rotatable bonds is 3. The fourth-order valence-electron chi connectivity index (χ4n) is 2.51. The van der Waals surface area contributed by atoms with Gasteiger partial charge in [0.2, 0.25) is 0 Å². The monoisotopic (exact) mass is 234 g/mol. The molecule has 0 radical (unpaired) electrons. The van der Waals surface area contributed by atoms with Gasteiger partial charge in [-0.2, -0.15) is 0 Å². The average molecular weight is 234 g/mol. The summed E-state index contributed by atoms with van der Waals surface area (Å²) in [5.74, 6) is 0. The first-order valence-electron chi connectivity index (χ1n) is 6.32. The second-order valence-corrected chi connectivity index (χ2v) is 4.78. The maximum absolute atomic E-state index is 5.66. The molecule has 0 unspecified atom stereocenters. The van der Waals surface area contributed by atoms with Crippen LogP contribution in [0.5, 0.6) is 0 Å². The van der Waals surface area contributed by atoms with E-state index in [0.29, 0.717) is 12.6 Å². The van der Waals surface area contributed by atoms with Gasteiger partial charge in [-0.1, -0.05) is 12.1 Å². The molecule has 3 heteroatoms. The number of anilines is 1. The number of aryl methyl sites for hydroxylation is 1. The molecule has 0 aliphatic carbocycles. The van der Waals surface area contributed by atoms with E-state index in [-0.39, 0.29) is 0 Å². The molecular formula is C14H22N2O. The van der Waals surface area contributed by atoms with E-state index in [1.807, 2.05) is 0 Å². The quantitative estimate of drug-likeness (QED) is 0.870. The first kappa shape index (κ1) is 12.4. The van der Waals surface area contributed by atoms with Gasteiger partial charge in [-0.15, -0.1) is 0 Å². The van der Waals surface area contributed by atoms with E-state index in [0.717, 1.165) is 26.1 Å². The number of hydrogen-bond donors (Lipinski definition) is 1. The molecule has 94 valence electrons. The minimum atomic E-state index is 0.603. The molecule has 1 saturated heterocycles. The van der Waals surface area contributed by atoms with Crippen molar-refractivity contribution in [2.24, 2.45) is 5.73 Å². The van der Waals surface area contributed by atoms with Crippen LogP contribution in [0.3, 0.4) is 0 Å². The molecule has 1 aliphatic heterocycles. The van der Waals surface area contributed by atoms with Crippen LogP contribution in [0.25, 0.3) is 0 Å². The lowest BCUT2D eigenvalue weighted by molar-refractivity contribution is 0.0854. The highest BCUT2D eigenvalue weighted by atomic mass is 16.5. The summed E-state index contributed by atoms with van der Waals surface area (Å²) in [5.41, 5.74) is 9.48. The molecule has 0 saturated carbocycles. The summed E-state index contributed by atoms with van der Waals surface area (Å²) in [6.07, 6.45) is 2.24. The minimum absolute atomic E-state index is 0.603. The van der Waals surface area contributed by atoms with Gasteiger partial charge in [0.05, 0.1) is 0 Å². The van der Waals surface area contributed by atoms with Crippen molar-refractivity contribution in [1.82, 2.24) is 0 Å². The maximum Gasteiger partial charge on any atom is 0.0485 e. The van der Waals surface area contributed by atoms with Crippen molar-refractivity contribution >= 4 is 5.69 Å². The largest absolute Gasteiger partial charge is 0.381 e. The number of nitrogens with two attached hydrogens (primary N) is 1. The Bertz CT molecular complexity index is 372. The van der Waals surface area contributed by atoms with Crippen LogP contribution in [0.1, 0.15) is 24.0 Å². The predicted octanol–water partition coefficient (Wildman–Crippen LogP) is 2.07. The maximum atomic E-state index is 5.66. The third-order valence-corrected chi connectivity index (χ3v) is 3.62. The van der Waals surface area contributed by atoms with Crippen LogP contribution in [0.2, 0.25) is 0 Å². The molecule has 17 heavy (non-hydrogen) atoms. The van der Waals surface area contributed by atoms with Crippen LogP contribution in [0.15, 0.2) is 18.2 Å². The Hall–Kier alpha value is -1.06. The molecule has 2 rings (SSSR count). The van der Waals surface area contributed by atoms with Gasteiger partial charge in [-0.05, 0) is 37.0 Å². The van der Waals surface area contributed by atoms with Gasteiger partial charge in [-0.25, -0.2) is 0 Å². The summed E-state index contributed by atoms with van der Waals surface area (Å²) in [6.45, 7) is 4.54. The summed E-state index contributed by atoms with van der Waals surface area (Å²) >= 11 is 0. The molecule has 0 spiro atoms. The Kier molecular flexibility index (Phi) is 4.02. The lowest BCUT2D eigenvalue weighted by Crippen LogP contribution is -2.37. The number of benzene rings is 1. The Morgan fingerprint density at radius 2 is 2.06 bits per heavy atom. The third-order valence-electron chi connectivity index (χ3n) is 3.62. The summed E-state index contributed by atoms with van der Waals surface area (Å²) in [5, 5.41) is 0. The molecule has 2 N–H and O–H groups in total. The second kappa shape index (κ2) is 5.52. The molecule has 0 atom stereocenters. The Morgan fingerprint density at radius 1 is 1.35 bits per heavy atom. The van der Waals surface area contributed by atoms with Gasteiger partial charge >= 0.3 is 0 Å². The summed E-state index contributed by atoms with van der Waals surface area (Å²) in [7, 11) is 2.18. The van der Waals surface area contributed by atoms with Gasteiger partial charge in [0, 0.05) is 38.5 Å². The second-order valence-electron chi connectivity index (χ2n) is 4.78. The molecule has 0 aromatic heterocycles. The van der Waals surface area contributed by atoms with Crippen LogP contribution in [-0.4, -0.2) is 26.3 Å². The van der Waals surface area contributed by atoms with Crippen LogP contribution < -0.4 is 10.6 Å². The predicted molar refractivity (Wildman–Crippen MR) is 71.3 cm³/mol. The Balaban J connectivity index is 2.15. The van der Waals surface area contributed by atoms with Gasteiger partial charge in [0.25, 0.3) is 0 Å². The standard InChI is InChI=1S/C14H22N2O/c1-11-9-12(10-15)3-4-14(11)16(2)13-5-7-17-8-6-13/h3-4,9,13H,5-8,10,15H2,1-2H3. The topological polar surface area (TPSA) is 38.5 Å². The van der Waals surface area contributed by atoms with Crippen molar-refractivity contribution < 1.29 is 4.74 Å². The fraction of sp³-hybridized carbons (Fsp3) is 0.571. The van der Waals surface area contributed by atoms with Crippen molar-refractivity contribution in [3.05, 3.63) is 29.3 Å². The number of ether oxygens (including phenoxy) is 1. The third kappa shape index (κ3) is 2.79. The highest BCUT2D eigenvalue weighted by molar-refractivity contribution is 5.54. The summed E-state index contributed by atoms with van der Waals surface area (Å²) in [6, 6.07) is 7.10. The first-order valence-corrected chi connectivity index (χ1v) is 6.32. The van der Waals surface area contributed by atoms with E-state index >= 15 is 0 Å². The fourth-order valence-corrected chi connectivity index (χ4v) is 2.51. The smallest absolute Gasteiger partial charge is 0.0485 e. The van der Waals surface area contributed by atoms with E-state index in [1.54, 1.807) is 0 Å². The Labute approximate surface area is 104 Å². The van der Waals surface area contributed by atoms with E-state index in [4.69, 9.17) is 10.5 Å². The van der Waals surface area contributed by atoms with E-state index in [2.05, 4.69) is 37.1 Å². The molecule has 1 aliphatic rings. The van der Waals surface area contributed by atoms with Gasteiger partial charge < -0.3 is 15.4 Å². The molecule has 1 aromatic carbocycles. The molecule has 0 bridgehead atoms. The molecule has 0 amide bonds. The molecule has 1 aromatic rings. The lowest BCUT2D eigenvalue weighted by atomic mass is 10.0. The zero-order chi connectivity index (χ0) is 12.3. The van der Waals surface area contributed by atoms with Crippen molar-refractivity contribution in [1.29, 1.82) is 0 Å². The highest BCUT2D eigenvalue weighted by Gasteiger charge is 2.19. The van der Waals surface area contributed by atoms with Crippen molar-refractivity contribution in [3.63, 3.8) is 0 Å². The van der Waals surface area contributed by atoms with E-state index in [1.165, 1.54) is 16.8 Å². The zero-order valence-corrected chi connectivity index (χ0v) is 10.8. The van der Waals surface area contributed by atoms with Gasteiger partial charge in [0.1, 0.15) is 0 Å². The highest BCUT2D eigenvalue weighted by Crippen LogP contribution is 2.25. The number of hydrogen-bond acceptors (Lipinski definition) is 3. The summed E-state index contributed by atoms with van der Waals surface area (Å²) in [4.78, 5) is 2.39. The van der Waals surface area contributed by atoms with Gasteiger partial charge in [0.15, 0.2) is 0 Å². The van der Waals surface area contributed by atoms with Gasteiger partial charge in [-0.3, -0.25) is 0 Å².